The van der Waals surface area contributed by atoms with Gasteiger partial charge in [0.05, 0.1) is 17.9 Å². The number of likely N-dealkylation sites (N-methyl/N-ethyl adjacent to an activating group) is 1. The van der Waals surface area contributed by atoms with Gasteiger partial charge < -0.3 is 19.6 Å². The van der Waals surface area contributed by atoms with E-state index < -0.39 is 0 Å². The van der Waals surface area contributed by atoms with Gasteiger partial charge in [0.15, 0.2) is 5.82 Å². The van der Waals surface area contributed by atoms with Crippen molar-refractivity contribution in [3.8, 4) is 11.5 Å². The number of nitrogens with zero attached hydrogens (tertiary/aromatic N) is 3. The summed E-state index contributed by atoms with van der Waals surface area (Å²) in [7, 11) is 3.85. The van der Waals surface area contributed by atoms with Crippen molar-refractivity contribution in [2.45, 2.75) is 6.04 Å². The summed E-state index contributed by atoms with van der Waals surface area (Å²) in [5, 5.41) is 4.05. The van der Waals surface area contributed by atoms with Gasteiger partial charge in [0, 0.05) is 6.54 Å². The Hall–Kier alpha value is -1.37. The quantitative estimate of drug-likeness (QED) is 0.894. The molecular formula is C10H13ClN4O2. The fourth-order valence-corrected chi connectivity index (χ4v) is 1.61. The van der Waals surface area contributed by atoms with E-state index in [1.807, 2.05) is 19.0 Å². The second-order valence-electron chi connectivity index (χ2n) is 3.93. The van der Waals surface area contributed by atoms with Crippen LogP contribution in [0.3, 0.4) is 0 Å². The van der Waals surface area contributed by atoms with Crippen molar-refractivity contribution in [2.75, 3.05) is 20.6 Å². The fraction of sp³-hybridized carbons (Fsp3) is 0.400. The lowest BCUT2D eigenvalue weighted by Gasteiger charge is -2.12. The number of nitrogens with two attached hydrogens (primary N) is 1. The van der Waals surface area contributed by atoms with Crippen molar-refractivity contribution in [3.63, 3.8) is 0 Å². The summed E-state index contributed by atoms with van der Waals surface area (Å²) in [4.78, 5) is 6.14. The largest absolute Gasteiger partial charge is 0.452 e. The zero-order valence-electron chi connectivity index (χ0n) is 9.55. The molecule has 0 amide bonds. The van der Waals surface area contributed by atoms with Gasteiger partial charge >= 0.3 is 0 Å². The number of hydrogen-bond acceptors (Lipinski definition) is 6. The van der Waals surface area contributed by atoms with E-state index in [-0.39, 0.29) is 11.3 Å². The van der Waals surface area contributed by atoms with E-state index in [9.17, 15) is 0 Å². The number of hydrogen-bond donors (Lipinski definition) is 1. The molecule has 0 spiro atoms. The highest BCUT2D eigenvalue weighted by Crippen LogP contribution is 2.27. The summed E-state index contributed by atoms with van der Waals surface area (Å²) in [6.45, 7) is 0.637. The Morgan fingerprint density at radius 2 is 2.29 bits per heavy atom. The molecule has 2 heterocycles. The second kappa shape index (κ2) is 4.87. The van der Waals surface area contributed by atoms with Crippen molar-refractivity contribution in [2.24, 2.45) is 5.73 Å². The van der Waals surface area contributed by atoms with Crippen LogP contribution in [0.1, 0.15) is 11.9 Å². The highest BCUT2D eigenvalue weighted by molar-refractivity contribution is 6.31. The third kappa shape index (κ3) is 2.66. The average Bonchev–Trinajstić information content (AvgIpc) is 2.84. The van der Waals surface area contributed by atoms with E-state index in [1.54, 1.807) is 6.07 Å². The van der Waals surface area contributed by atoms with E-state index in [0.29, 0.717) is 23.8 Å². The molecule has 0 bridgehead atoms. The molecule has 0 aliphatic rings. The average molecular weight is 257 g/mol. The molecule has 1 atom stereocenters. The Morgan fingerprint density at radius 3 is 2.88 bits per heavy atom. The smallest absolute Gasteiger partial charge is 0.262 e. The summed E-state index contributed by atoms with van der Waals surface area (Å²) in [5.74, 6) is 0.763. The number of aromatic nitrogens is 2. The first-order chi connectivity index (χ1) is 8.08. The highest BCUT2D eigenvalue weighted by atomic mass is 35.5. The zero-order chi connectivity index (χ0) is 12.4. The molecule has 0 aliphatic heterocycles. The maximum atomic E-state index is 5.92. The van der Waals surface area contributed by atoms with Crippen molar-refractivity contribution < 1.29 is 8.94 Å². The van der Waals surface area contributed by atoms with Crippen LogP contribution in [0.25, 0.3) is 11.5 Å². The SMILES string of the molecule is CN(C)CC(N)c1noc(-c2ccoc2Cl)n1. The summed E-state index contributed by atoms with van der Waals surface area (Å²) in [6, 6.07) is 1.37. The molecule has 92 valence electrons. The lowest BCUT2D eigenvalue weighted by molar-refractivity contribution is 0.357. The van der Waals surface area contributed by atoms with Gasteiger partial charge in [-0.15, -0.1) is 0 Å². The zero-order valence-corrected chi connectivity index (χ0v) is 10.3. The fourth-order valence-electron chi connectivity index (χ4n) is 1.42. The van der Waals surface area contributed by atoms with Gasteiger partial charge in [-0.1, -0.05) is 5.16 Å². The highest BCUT2D eigenvalue weighted by Gasteiger charge is 2.18. The van der Waals surface area contributed by atoms with Crippen LogP contribution in [0.15, 0.2) is 21.3 Å². The van der Waals surface area contributed by atoms with Gasteiger partial charge in [-0.3, -0.25) is 0 Å². The second-order valence-corrected chi connectivity index (χ2v) is 4.28. The molecule has 0 fully saturated rings. The lowest BCUT2D eigenvalue weighted by atomic mass is 10.3. The van der Waals surface area contributed by atoms with Crippen molar-refractivity contribution in [1.82, 2.24) is 15.0 Å². The number of rotatable bonds is 4. The first kappa shape index (κ1) is 12.1. The van der Waals surface area contributed by atoms with Gasteiger partial charge in [-0.05, 0) is 31.8 Å². The molecular weight excluding hydrogens is 244 g/mol. The van der Waals surface area contributed by atoms with Crippen LogP contribution in [0.5, 0.6) is 0 Å². The first-order valence-corrected chi connectivity index (χ1v) is 5.43. The predicted octanol–water partition coefficient (Wildman–Crippen LogP) is 1.54. The molecule has 2 rings (SSSR count). The maximum Gasteiger partial charge on any atom is 0.262 e. The normalized spacial score (nSPS) is 13.2. The minimum absolute atomic E-state index is 0.224. The minimum Gasteiger partial charge on any atom is -0.452 e. The van der Waals surface area contributed by atoms with E-state index in [1.165, 1.54) is 6.26 Å². The molecule has 0 aromatic carbocycles. The van der Waals surface area contributed by atoms with Gasteiger partial charge in [-0.2, -0.15) is 4.98 Å². The van der Waals surface area contributed by atoms with Crippen LogP contribution >= 0.6 is 11.6 Å². The molecule has 2 N–H and O–H groups in total. The van der Waals surface area contributed by atoms with E-state index >= 15 is 0 Å². The van der Waals surface area contributed by atoms with E-state index in [4.69, 9.17) is 26.3 Å². The Morgan fingerprint density at radius 1 is 1.53 bits per heavy atom. The summed E-state index contributed by atoms with van der Waals surface area (Å²) < 4.78 is 10.0. The van der Waals surface area contributed by atoms with Gasteiger partial charge in [0.2, 0.25) is 5.22 Å². The number of furan rings is 1. The van der Waals surface area contributed by atoms with Crippen LogP contribution < -0.4 is 5.73 Å². The molecule has 0 radical (unpaired) electrons. The van der Waals surface area contributed by atoms with E-state index in [2.05, 4.69) is 10.1 Å². The van der Waals surface area contributed by atoms with Gasteiger partial charge in [-0.25, -0.2) is 0 Å². The summed E-state index contributed by atoms with van der Waals surface area (Å²) >= 11 is 5.81. The summed E-state index contributed by atoms with van der Waals surface area (Å²) in [5.41, 5.74) is 6.49. The van der Waals surface area contributed by atoms with Crippen LogP contribution in [0, 0.1) is 0 Å². The minimum atomic E-state index is -0.298. The summed E-state index contributed by atoms with van der Waals surface area (Å²) in [6.07, 6.45) is 1.46. The molecule has 1 unspecified atom stereocenters. The topological polar surface area (TPSA) is 81.3 Å². The lowest BCUT2D eigenvalue weighted by Crippen LogP contribution is -2.26. The standard InChI is InChI=1S/C10H13ClN4O2/c1-15(2)5-7(12)9-13-10(17-14-9)6-3-4-16-8(6)11/h3-4,7H,5,12H2,1-2H3. The molecule has 0 saturated carbocycles. The molecule has 2 aromatic heterocycles. The van der Waals surface area contributed by atoms with Crippen LogP contribution in [0.4, 0.5) is 0 Å². The van der Waals surface area contributed by atoms with Crippen molar-refractivity contribution in [1.29, 1.82) is 0 Å². The molecule has 0 saturated heterocycles. The molecule has 7 heteroatoms. The van der Waals surface area contributed by atoms with Crippen LogP contribution in [0.2, 0.25) is 5.22 Å². The van der Waals surface area contributed by atoms with E-state index in [0.717, 1.165) is 0 Å². The third-order valence-electron chi connectivity index (χ3n) is 2.18. The monoisotopic (exact) mass is 256 g/mol. The molecule has 17 heavy (non-hydrogen) atoms. The molecule has 2 aromatic rings. The Labute approximate surface area is 103 Å². The molecule has 6 nitrogen and oxygen atoms in total. The van der Waals surface area contributed by atoms with Crippen LogP contribution in [-0.2, 0) is 0 Å². The van der Waals surface area contributed by atoms with Gasteiger partial charge in [0.25, 0.3) is 5.89 Å². The van der Waals surface area contributed by atoms with Crippen LogP contribution in [-0.4, -0.2) is 35.7 Å². The maximum absolute atomic E-state index is 5.92. The third-order valence-corrected chi connectivity index (χ3v) is 2.48. The Bertz CT molecular complexity index is 494. The number of halogens is 1. The molecule has 0 aliphatic carbocycles. The Kier molecular flexibility index (Phi) is 3.46. The first-order valence-electron chi connectivity index (χ1n) is 5.05. The predicted molar refractivity (Wildman–Crippen MR) is 62.5 cm³/mol. The van der Waals surface area contributed by atoms with Crippen molar-refractivity contribution >= 4 is 11.6 Å². The van der Waals surface area contributed by atoms with Gasteiger partial charge in [0.1, 0.15) is 0 Å². The Balaban J connectivity index is 2.19. The van der Waals surface area contributed by atoms with Crippen molar-refractivity contribution in [3.05, 3.63) is 23.4 Å².